The summed E-state index contributed by atoms with van der Waals surface area (Å²) in [7, 11) is -5.22. The van der Waals surface area contributed by atoms with Gasteiger partial charge in [-0.25, -0.2) is 17.2 Å². The van der Waals surface area contributed by atoms with Crippen LogP contribution < -0.4 is 5.73 Å². The molecule has 9 heteroatoms. The van der Waals surface area contributed by atoms with E-state index in [0.717, 1.165) is 16.4 Å². The van der Waals surface area contributed by atoms with Crippen LogP contribution in [-0.4, -0.2) is 41.5 Å². The van der Waals surface area contributed by atoms with Crippen molar-refractivity contribution < 1.29 is 21.4 Å². The number of nitrogens with two attached hydrogens (primary N) is 1. The fraction of sp³-hybridized carbons (Fsp3) is 0.400. The lowest BCUT2D eigenvalue weighted by atomic mass is 10.3. The largest absolute Gasteiger partial charge is 0.399 e. The smallest absolute Gasteiger partial charge is 0.246 e. The molecule has 0 saturated carbocycles. The van der Waals surface area contributed by atoms with Gasteiger partial charge in [0, 0.05) is 41.1 Å². The molecule has 0 radical (unpaired) electrons. The number of rotatable bonds is 2. The van der Waals surface area contributed by atoms with E-state index in [-0.39, 0.29) is 30.3 Å². The molecular formula is C10H12F2N2O3S2. The number of halogens is 2. The van der Waals surface area contributed by atoms with E-state index in [1.807, 2.05) is 0 Å². The van der Waals surface area contributed by atoms with E-state index in [1.165, 1.54) is 0 Å². The number of anilines is 1. The van der Waals surface area contributed by atoms with Gasteiger partial charge in [-0.2, -0.15) is 4.31 Å². The van der Waals surface area contributed by atoms with Gasteiger partial charge in [-0.15, -0.1) is 0 Å². The van der Waals surface area contributed by atoms with Crippen LogP contribution in [0.15, 0.2) is 17.0 Å². The summed E-state index contributed by atoms with van der Waals surface area (Å²) in [4.78, 5) is -0.780. The van der Waals surface area contributed by atoms with E-state index in [2.05, 4.69) is 0 Å². The molecule has 2 rings (SSSR count). The SMILES string of the molecule is Nc1cc(F)c(F)c(S(=O)(=O)N2CCS(=O)CC2)c1. The second-order valence-corrected chi connectivity index (χ2v) is 7.67. The zero-order valence-corrected chi connectivity index (χ0v) is 11.4. The van der Waals surface area contributed by atoms with Crippen LogP contribution in [0.1, 0.15) is 0 Å². The fourth-order valence-corrected chi connectivity index (χ4v) is 4.61. The number of hydrogen-bond donors (Lipinski definition) is 1. The molecule has 1 fully saturated rings. The van der Waals surface area contributed by atoms with Crippen molar-refractivity contribution in [3.05, 3.63) is 23.8 Å². The third-order valence-electron chi connectivity index (χ3n) is 2.77. The van der Waals surface area contributed by atoms with Gasteiger partial charge >= 0.3 is 0 Å². The monoisotopic (exact) mass is 310 g/mol. The van der Waals surface area contributed by atoms with Gasteiger partial charge in [0.2, 0.25) is 10.0 Å². The zero-order chi connectivity index (χ0) is 14.2. The Morgan fingerprint density at radius 1 is 1.21 bits per heavy atom. The number of nitrogen functional groups attached to an aromatic ring is 1. The molecule has 1 aromatic carbocycles. The molecule has 19 heavy (non-hydrogen) atoms. The average Bonchev–Trinajstić information content (AvgIpc) is 2.34. The number of sulfonamides is 1. The minimum atomic E-state index is -4.16. The van der Waals surface area contributed by atoms with Crippen LogP contribution in [0.4, 0.5) is 14.5 Å². The third-order valence-corrected chi connectivity index (χ3v) is 5.95. The average molecular weight is 310 g/mol. The molecule has 5 nitrogen and oxygen atoms in total. The minimum Gasteiger partial charge on any atom is -0.399 e. The molecule has 1 aliphatic rings. The second-order valence-electron chi connectivity index (χ2n) is 4.07. The minimum absolute atomic E-state index is 0.0187. The van der Waals surface area contributed by atoms with Crippen molar-refractivity contribution in [3.63, 3.8) is 0 Å². The Morgan fingerprint density at radius 3 is 2.37 bits per heavy atom. The molecule has 1 aliphatic heterocycles. The van der Waals surface area contributed by atoms with Gasteiger partial charge < -0.3 is 5.73 Å². The van der Waals surface area contributed by atoms with Gasteiger partial charge in [0.1, 0.15) is 4.90 Å². The van der Waals surface area contributed by atoms with Crippen molar-refractivity contribution >= 4 is 26.5 Å². The van der Waals surface area contributed by atoms with E-state index < -0.39 is 37.4 Å². The van der Waals surface area contributed by atoms with Crippen molar-refractivity contribution in [1.82, 2.24) is 4.31 Å². The molecule has 2 N–H and O–H groups in total. The quantitative estimate of drug-likeness (QED) is 0.797. The van der Waals surface area contributed by atoms with E-state index in [9.17, 15) is 21.4 Å². The van der Waals surface area contributed by atoms with Crippen LogP contribution in [0.25, 0.3) is 0 Å². The summed E-state index contributed by atoms with van der Waals surface area (Å²) in [6.45, 7) is 0.0373. The van der Waals surface area contributed by atoms with Crippen LogP contribution in [0.5, 0.6) is 0 Å². The van der Waals surface area contributed by atoms with Crippen molar-refractivity contribution in [1.29, 1.82) is 0 Å². The summed E-state index contributed by atoms with van der Waals surface area (Å²) in [6.07, 6.45) is 0. The first kappa shape index (κ1) is 14.4. The summed E-state index contributed by atoms with van der Waals surface area (Å²) < 4.78 is 63.4. The standard InChI is InChI=1S/C10H12F2N2O3S2/c11-8-5-7(13)6-9(10(8)12)19(16,17)14-1-3-18(15)4-2-14/h5-6H,1-4,13H2. The molecule has 0 atom stereocenters. The molecule has 1 heterocycles. The van der Waals surface area contributed by atoms with Crippen LogP contribution in [0, 0.1) is 11.6 Å². The van der Waals surface area contributed by atoms with E-state index >= 15 is 0 Å². The molecule has 0 unspecified atom stereocenters. The van der Waals surface area contributed by atoms with E-state index in [1.54, 1.807) is 0 Å². The van der Waals surface area contributed by atoms with Crippen molar-refractivity contribution in [3.8, 4) is 0 Å². The first-order chi connectivity index (χ1) is 8.82. The van der Waals surface area contributed by atoms with Crippen molar-refractivity contribution in [2.75, 3.05) is 30.3 Å². The maximum Gasteiger partial charge on any atom is 0.246 e. The molecule has 0 spiro atoms. The first-order valence-electron chi connectivity index (χ1n) is 5.42. The Balaban J connectivity index is 2.42. The maximum atomic E-state index is 13.6. The van der Waals surface area contributed by atoms with Gasteiger partial charge in [-0.3, -0.25) is 4.21 Å². The van der Waals surface area contributed by atoms with Gasteiger partial charge in [0.25, 0.3) is 0 Å². The van der Waals surface area contributed by atoms with Crippen molar-refractivity contribution in [2.24, 2.45) is 0 Å². The van der Waals surface area contributed by atoms with Crippen LogP contribution in [-0.2, 0) is 20.8 Å². The van der Waals surface area contributed by atoms with E-state index in [0.29, 0.717) is 0 Å². The molecule has 0 amide bonds. The molecule has 1 saturated heterocycles. The second kappa shape index (κ2) is 5.14. The number of benzene rings is 1. The number of hydrogen-bond acceptors (Lipinski definition) is 4. The highest BCUT2D eigenvalue weighted by Gasteiger charge is 2.31. The lowest BCUT2D eigenvalue weighted by molar-refractivity contribution is 0.427. The van der Waals surface area contributed by atoms with Gasteiger partial charge in [0.15, 0.2) is 11.6 Å². The summed E-state index contributed by atoms with van der Waals surface area (Å²) in [6, 6.07) is 1.61. The predicted molar refractivity (Wildman–Crippen MR) is 67.4 cm³/mol. The highest BCUT2D eigenvalue weighted by molar-refractivity contribution is 7.89. The number of nitrogens with zero attached hydrogens (tertiary/aromatic N) is 1. The van der Waals surface area contributed by atoms with Crippen LogP contribution in [0.2, 0.25) is 0 Å². The normalized spacial score (nSPS) is 18.6. The molecule has 0 bridgehead atoms. The Morgan fingerprint density at radius 2 is 1.79 bits per heavy atom. The Kier molecular flexibility index (Phi) is 3.88. The lowest BCUT2D eigenvalue weighted by Crippen LogP contribution is -2.42. The lowest BCUT2D eigenvalue weighted by Gasteiger charge is -2.25. The van der Waals surface area contributed by atoms with Crippen LogP contribution in [0.3, 0.4) is 0 Å². The molecular weight excluding hydrogens is 298 g/mol. The van der Waals surface area contributed by atoms with E-state index in [4.69, 9.17) is 5.73 Å². The first-order valence-corrected chi connectivity index (χ1v) is 8.35. The summed E-state index contributed by atoms with van der Waals surface area (Å²) >= 11 is 0. The summed E-state index contributed by atoms with van der Waals surface area (Å²) in [5, 5.41) is 0. The maximum absolute atomic E-state index is 13.6. The van der Waals surface area contributed by atoms with Gasteiger partial charge in [0.05, 0.1) is 0 Å². The Labute approximate surface area is 111 Å². The fourth-order valence-electron chi connectivity index (χ4n) is 1.77. The predicted octanol–water partition coefficient (Wildman–Crippen LogP) is 0.300. The summed E-state index contributed by atoms with van der Waals surface area (Å²) in [5.74, 6) is -2.38. The highest BCUT2D eigenvalue weighted by Crippen LogP contribution is 2.25. The Hall–Kier alpha value is -1.06. The summed E-state index contributed by atoms with van der Waals surface area (Å²) in [5.41, 5.74) is 5.17. The zero-order valence-electron chi connectivity index (χ0n) is 9.80. The molecule has 106 valence electrons. The Bertz CT molecular complexity index is 624. The van der Waals surface area contributed by atoms with Crippen molar-refractivity contribution in [2.45, 2.75) is 4.90 Å². The molecule has 0 aromatic heterocycles. The molecule has 1 aromatic rings. The highest BCUT2D eigenvalue weighted by atomic mass is 32.2. The van der Waals surface area contributed by atoms with Gasteiger partial charge in [-0.1, -0.05) is 0 Å². The third kappa shape index (κ3) is 2.77. The van der Waals surface area contributed by atoms with Gasteiger partial charge in [-0.05, 0) is 12.1 Å². The van der Waals surface area contributed by atoms with Crippen LogP contribution >= 0.6 is 0 Å². The topological polar surface area (TPSA) is 80.5 Å². The molecule has 0 aliphatic carbocycles.